The number of aliphatic hydroxyl groups excluding tert-OH is 1. The van der Waals surface area contributed by atoms with Gasteiger partial charge >= 0.3 is 0 Å². The molecule has 3 heteroatoms. The lowest BCUT2D eigenvalue weighted by atomic mass is 9.38. The van der Waals surface area contributed by atoms with Crippen molar-refractivity contribution in [2.75, 3.05) is 6.61 Å². The zero-order valence-corrected chi connectivity index (χ0v) is 7.95. The van der Waals surface area contributed by atoms with E-state index >= 15 is 0 Å². The third-order valence-electron chi connectivity index (χ3n) is 3.76. The Morgan fingerprint density at radius 1 is 1.31 bits per heavy atom. The van der Waals surface area contributed by atoms with Crippen LogP contribution in [0.25, 0.3) is 0 Å². The molecule has 0 heterocycles. The number of nitrogens with zero attached hydrogens (tertiary/aromatic N) is 1. The molecule has 2 aliphatic carbocycles. The van der Waals surface area contributed by atoms with Gasteiger partial charge in [-0.05, 0) is 30.4 Å². The van der Waals surface area contributed by atoms with Crippen LogP contribution in [0.2, 0.25) is 12.1 Å². The lowest BCUT2D eigenvalue weighted by Crippen LogP contribution is -2.23. The normalized spacial score (nSPS) is 36.2. The fraction of sp³-hybridized carbons (Fsp3) is 0.900. The summed E-state index contributed by atoms with van der Waals surface area (Å²) in [6, 6.07) is 0. The summed E-state index contributed by atoms with van der Waals surface area (Å²) in [4.78, 5) is 0. The van der Waals surface area contributed by atoms with E-state index in [-0.39, 0.29) is 13.3 Å². The summed E-state index contributed by atoms with van der Waals surface area (Å²) in [6.07, 6.45) is 5.90. The fourth-order valence-corrected chi connectivity index (χ4v) is 2.80. The van der Waals surface area contributed by atoms with Crippen LogP contribution in [0.5, 0.6) is 0 Å². The highest BCUT2D eigenvalue weighted by molar-refractivity contribution is 6.68. The Labute approximate surface area is 80.0 Å². The summed E-state index contributed by atoms with van der Waals surface area (Å²) in [6.45, 7) is 0.287. The number of rotatable bonds is 3. The van der Waals surface area contributed by atoms with E-state index in [1.807, 2.05) is 0 Å². The second-order valence-corrected chi connectivity index (χ2v) is 4.58. The molecule has 0 amide bonds. The van der Waals surface area contributed by atoms with E-state index in [1.54, 1.807) is 0 Å². The maximum atomic E-state index is 8.95. The monoisotopic (exact) mass is 177 g/mol. The summed E-state index contributed by atoms with van der Waals surface area (Å²) in [7, 11) is 0. The van der Waals surface area contributed by atoms with Gasteiger partial charge in [-0.2, -0.15) is 0 Å². The molecule has 0 aromatic heterocycles. The average molecular weight is 177 g/mol. The van der Waals surface area contributed by atoms with Crippen molar-refractivity contribution in [3.63, 3.8) is 0 Å². The Morgan fingerprint density at radius 3 is 2.77 bits per heavy atom. The van der Waals surface area contributed by atoms with Crippen LogP contribution in [0.15, 0.2) is 0 Å². The molecular formula is C10H16BNO. The second kappa shape index (κ2) is 3.71. The minimum absolute atomic E-state index is 0.117. The fourth-order valence-electron chi connectivity index (χ4n) is 2.80. The van der Waals surface area contributed by atoms with Gasteiger partial charge in [-0.3, -0.25) is 0 Å². The van der Waals surface area contributed by atoms with Crippen molar-refractivity contribution < 1.29 is 5.11 Å². The van der Waals surface area contributed by atoms with Crippen molar-refractivity contribution in [2.24, 2.45) is 11.8 Å². The van der Waals surface area contributed by atoms with Crippen LogP contribution in [0, 0.1) is 23.1 Å². The first kappa shape index (κ1) is 9.08. The van der Waals surface area contributed by atoms with Crippen LogP contribution in [0.1, 0.15) is 25.7 Å². The summed E-state index contributed by atoms with van der Waals surface area (Å²) in [5.41, 5.74) is 0. The van der Waals surface area contributed by atoms with Crippen molar-refractivity contribution in [2.45, 2.75) is 37.8 Å². The highest BCUT2D eigenvalue weighted by Crippen LogP contribution is 2.54. The molecule has 0 saturated heterocycles. The Kier molecular flexibility index (Phi) is 2.60. The molecule has 1 N–H and O–H groups in total. The maximum Gasteiger partial charge on any atom is 0.273 e. The Balaban J connectivity index is 1.87. The van der Waals surface area contributed by atoms with Crippen molar-refractivity contribution in [1.29, 1.82) is 5.26 Å². The largest absolute Gasteiger partial charge is 0.397 e. The molecule has 2 aliphatic rings. The van der Waals surface area contributed by atoms with Crippen LogP contribution in [0.3, 0.4) is 0 Å². The van der Waals surface area contributed by atoms with Crippen molar-refractivity contribution >= 4 is 6.71 Å². The van der Waals surface area contributed by atoms with Crippen LogP contribution in [0.4, 0.5) is 0 Å². The van der Waals surface area contributed by atoms with Crippen molar-refractivity contribution in [3.8, 4) is 5.97 Å². The SMILES string of the molecule is N#CB(CCO)C1CCC2CC2C1. The summed E-state index contributed by atoms with van der Waals surface area (Å²) in [5.74, 6) is 4.88. The number of aliphatic hydroxyl groups is 1. The van der Waals surface area contributed by atoms with Gasteiger partial charge in [0, 0.05) is 12.6 Å². The molecule has 0 radical (unpaired) electrons. The third-order valence-corrected chi connectivity index (χ3v) is 3.76. The smallest absolute Gasteiger partial charge is 0.273 e. The van der Waals surface area contributed by atoms with Gasteiger partial charge in [0.1, 0.15) is 0 Å². The molecule has 70 valence electrons. The zero-order valence-electron chi connectivity index (χ0n) is 7.95. The first-order chi connectivity index (χ1) is 6.35. The zero-order chi connectivity index (χ0) is 9.26. The Hall–Kier alpha value is -0.485. The first-order valence-electron chi connectivity index (χ1n) is 5.35. The number of fused-ring (bicyclic) bond motifs is 1. The van der Waals surface area contributed by atoms with Gasteiger partial charge in [-0.15, -0.1) is 0 Å². The van der Waals surface area contributed by atoms with Gasteiger partial charge in [0.2, 0.25) is 0 Å². The number of nitriles is 1. The topological polar surface area (TPSA) is 44.0 Å². The Bertz CT molecular complexity index is 225. The second-order valence-electron chi connectivity index (χ2n) is 4.58. The molecular weight excluding hydrogens is 161 g/mol. The first-order valence-corrected chi connectivity index (χ1v) is 5.35. The van der Waals surface area contributed by atoms with E-state index in [1.165, 1.54) is 25.7 Å². The molecule has 2 nitrogen and oxygen atoms in total. The number of hydrogen-bond acceptors (Lipinski definition) is 2. The highest BCUT2D eigenvalue weighted by Gasteiger charge is 2.44. The van der Waals surface area contributed by atoms with E-state index in [0.29, 0.717) is 12.1 Å². The van der Waals surface area contributed by atoms with Crippen LogP contribution >= 0.6 is 0 Å². The molecule has 13 heavy (non-hydrogen) atoms. The minimum Gasteiger partial charge on any atom is -0.397 e. The van der Waals surface area contributed by atoms with E-state index in [0.717, 1.165) is 11.8 Å². The predicted molar refractivity (Wildman–Crippen MR) is 52.5 cm³/mol. The minimum atomic E-state index is 0.117. The molecule has 3 atom stereocenters. The highest BCUT2D eigenvalue weighted by atomic mass is 16.2. The Morgan fingerprint density at radius 2 is 2.15 bits per heavy atom. The van der Waals surface area contributed by atoms with Gasteiger partial charge in [-0.25, -0.2) is 5.26 Å². The van der Waals surface area contributed by atoms with E-state index in [9.17, 15) is 0 Å². The molecule has 0 aromatic carbocycles. The predicted octanol–water partition coefficient (Wildman–Crippen LogP) is 1.73. The van der Waals surface area contributed by atoms with E-state index in [4.69, 9.17) is 10.4 Å². The molecule has 0 spiro atoms. The van der Waals surface area contributed by atoms with E-state index in [2.05, 4.69) is 5.97 Å². The molecule has 0 bridgehead atoms. The summed E-state index contributed by atoms with van der Waals surface area (Å²) in [5, 5.41) is 17.8. The van der Waals surface area contributed by atoms with E-state index < -0.39 is 0 Å². The van der Waals surface area contributed by atoms with Crippen molar-refractivity contribution in [3.05, 3.63) is 0 Å². The molecule has 2 rings (SSSR count). The van der Waals surface area contributed by atoms with Gasteiger partial charge < -0.3 is 5.11 Å². The number of hydrogen-bond donors (Lipinski definition) is 1. The lowest BCUT2D eigenvalue weighted by Gasteiger charge is -2.22. The van der Waals surface area contributed by atoms with Gasteiger partial charge in [0.15, 0.2) is 0 Å². The quantitative estimate of drug-likeness (QED) is 0.667. The van der Waals surface area contributed by atoms with Gasteiger partial charge in [-0.1, -0.05) is 19.3 Å². The molecule has 2 fully saturated rings. The molecule has 3 unspecified atom stereocenters. The average Bonchev–Trinajstić information content (AvgIpc) is 2.91. The summed E-state index contributed by atoms with van der Waals surface area (Å²) < 4.78 is 0. The van der Waals surface area contributed by atoms with Gasteiger partial charge in [0.05, 0.1) is 0 Å². The van der Waals surface area contributed by atoms with Gasteiger partial charge in [0.25, 0.3) is 6.71 Å². The maximum absolute atomic E-state index is 8.95. The summed E-state index contributed by atoms with van der Waals surface area (Å²) >= 11 is 0. The third kappa shape index (κ3) is 1.89. The van der Waals surface area contributed by atoms with Crippen LogP contribution < -0.4 is 0 Å². The molecule has 2 saturated carbocycles. The molecule has 0 aromatic rings. The molecule has 0 aliphatic heterocycles. The lowest BCUT2D eigenvalue weighted by molar-refractivity contribution is 0.316. The van der Waals surface area contributed by atoms with Crippen molar-refractivity contribution in [1.82, 2.24) is 0 Å². The van der Waals surface area contributed by atoms with Crippen LogP contribution in [-0.2, 0) is 0 Å². The van der Waals surface area contributed by atoms with Crippen LogP contribution in [-0.4, -0.2) is 18.4 Å². The standard InChI is InChI=1S/C10H16BNO/c12-7-11(3-4-13)10-2-1-8-5-9(8)6-10/h8-10,13H,1-6H2.